The highest BCUT2D eigenvalue weighted by Crippen LogP contribution is 2.39. The molecule has 0 spiro atoms. The first-order valence-corrected chi connectivity index (χ1v) is 11.3. The van der Waals surface area contributed by atoms with E-state index in [-0.39, 0.29) is 5.56 Å². The normalized spacial score (nSPS) is 21.8. The van der Waals surface area contributed by atoms with Crippen molar-refractivity contribution in [3.8, 4) is 0 Å². The summed E-state index contributed by atoms with van der Waals surface area (Å²) in [6, 6.07) is 5.69. The Hall–Kier alpha value is -2.98. The molecular weight excluding hydrogens is 447 g/mol. The molecule has 2 aliphatic heterocycles. The summed E-state index contributed by atoms with van der Waals surface area (Å²) in [5, 5.41) is 21.7. The number of nitrogens with one attached hydrogen (secondary N) is 1. The summed E-state index contributed by atoms with van der Waals surface area (Å²) in [5.41, 5.74) is 1.45. The Balaban J connectivity index is 1.49. The van der Waals surface area contributed by atoms with Crippen molar-refractivity contribution in [3.05, 3.63) is 53.1 Å². The molecule has 2 bridgehead atoms. The SMILES string of the molecule is Cc1nnc(N[C@H](C)c2cccc(C(F)(F)C(C)O)c2F)c2cc(N3C4COCC3C4)cnc12. The quantitative estimate of drug-likeness (QED) is 0.558. The lowest BCUT2D eigenvalue weighted by molar-refractivity contribution is -0.108. The van der Waals surface area contributed by atoms with E-state index >= 15 is 4.39 Å². The van der Waals surface area contributed by atoms with E-state index in [1.165, 1.54) is 12.1 Å². The average molecular weight is 473 g/mol. The molecule has 0 amide bonds. The van der Waals surface area contributed by atoms with E-state index in [4.69, 9.17) is 4.74 Å². The largest absolute Gasteiger partial charge is 0.387 e. The number of morpholine rings is 1. The molecule has 2 N–H and O–H groups in total. The van der Waals surface area contributed by atoms with Crippen LogP contribution < -0.4 is 10.2 Å². The fourth-order valence-electron chi connectivity index (χ4n) is 4.81. The predicted molar refractivity (Wildman–Crippen MR) is 122 cm³/mol. The first-order valence-electron chi connectivity index (χ1n) is 11.3. The minimum atomic E-state index is -3.71. The Morgan fingerprint density at radius 2 is 1.94 bits per heavy atom. The number of aromatic nitrogens is 3. The Bertz CT molecular complexity index is 1220. The second-order valence-electron chi connectivity index (χ2n) is 9.09. The van der Waals surface area contributed by atoms with Crippen LogP contribution in [0.3, 0.4) is 0 Å². The molecule has 34 heavy (non-hydrogen) atoms. The number of anilines is 2. The van der Waals surface area contributed by atoms with Crippen molar-refractivity contribution >= 4 is 22.4 Å². The summed E-state index contributed by atoms with van der Waals surface area (Å²) in [6.45, 7) is 5.76. The molecule has 2 saturated heterocycles. The summed E-state index contributed by atoms with van der Waals surface area (Å²) in [6.07, 6.45) is 0.875. The zero-order valence-corrected chi connectivity index (χ0v) is 19.1. The van der Waals surface area contributed by atoms with Crippen LogP contribution in [0.1, 0.15) is 43.1 Å². The van der Waals surface area contributed by atoms with Crippen LogP contribution in [0.2, 0.25) is 0 Å². The van der Waals surface area contributed by atoms with Crippen LogP contribution in [0.5, 0.6) is 0 Å². The number of aliphatic hydroxyl groups is 1. The number of benzene rings is 1. The van der Waals surface area contributed by atoms with Gasteiger partial charge in [0.25, 0.3) is 0 Å². The van der Waals surface area contributed by atoms with Gasteiger partial charge in [0.2, 0.25) is 0 Å². The number of alkyl halides is 2. The van der Waals surface area contributed by atoms with Crippen molar-refractivity contribution in [1.82, 2.24) is 15.2 Å². The molecule has 2 aromatic heterocycles. The van der Waals surface area contributed by atoms with Gasteiger partial charge in [-0.25, -0.2) is 4.39 Å². The van der Waals surface area contributed by atoms with Crippen molar-refractivity contribution in [3.63, 3.8) is 0 Å². The van der Waals surface area contributed by atoms with Gasteiger partial charge in [-0.3, -0.25) is 4.98 Å². The number of hydrogen-bond donors (Lipinski definition) is 2. The molecule has 0 radical (unpaired) electrons. The number of halogens is 3. The lowest BCUT2D eigenvalue weighted by atomic mass is 9.90. The zero-order chi connectivity index (χ0) is 24.2. The van der Waals surface area contributed by atoms with E-state index in [1.807, 2.05) is 19.2 Å². The monoisotopic (exact) mass is 473 g/mol. The van der Waals surface area contributed by atoms with Crippen LogP contribution in [-0.4, -0.2) is 51.7 Å². The maximum absolute atomic E-state index is 15.1. The first kappa shape index (κ1) is 22.8. The van der Waals surface area contributed by atoms with Gasteiger partial charge in [0.05, 0.1) is 60.0 Å². The van der Waals surface area contributed by atoms with E-state index < -0.39 is 29.4 Å². The van der Waals surface area contributed by atoms with Gasteiger partial charge in [0.15, 0.2) is 5.82 Å². The van der Waals surface area contributed by atoms with Gasteiger partial charge in [0.1, 0.15) is 11.9 Å². The number of pyridine rings is 1. The topological polar surface area (TPSA) is 83.4 Å². The van der Waals surface area contributed by atoms with Crippen LogP contribution in [0.25, 0.3) is 10.9 Å². The van der Waals surface area contributed by atoms with E-state index in [9.17, 15) is 13.9 Å². The van der Waals surface area contributed by atoms with Crippen molar-refractivity contribution in [2.45, 2.75) is 57.3 Å². The smallest absolute Gasteiger partial charge is 0.301 e. The molecule has 2 aliphatic rings. The van der Waals surface area contributed by atoms with E-state index in [0.29, 0.717) is 47.7 Å². The second-order valence-corrected chi connectivity index (χ2v) is 9.09. The summed E-state index contributed by atoms with van der Waals surface area (Å²) in [4.78, 5) is 6.90. The van der Waals surface area contributed by atoms with Crippen LogP contribution >= 0.6 is 0 Å². The van der Waals surface area contributed by atoms with Gasteiger partial charge in [-0.2, -0.15) is 13.9 Å². The fourth-order valence-corrected chi connectivity index (χ4v) is 4.81. The van der Waals surface area contributed by atoms with Gasteiger partial charge >= 0.3 is 5.92 Å². The zero-order valence-electron chi connectivity index (χ0n) is 19.1. The number of nitrogens with zero attached hydrogens (tertiary/aromatic N) is 4. The minimum absolute atomic E-state index is 0.0342. The maximum Gasteiger partial charge on any atom is 0.301 e. The van der Waals surface area contributed by atoms with Crippen LogP contribution in [0.15, 0.2) is 30.5 Å². The molecule has 7 nitrogen and oxygen atoms in total. The summed E-state index contributed by atoms with van der Waals surface area (Å²) >= 11 is 0. The van der Waals surface area contributed by atoms with Crippen LogP contribution in [-0.2, 0) is 10.7 Å². The summed E-state index contributed by atoms with van der Waals surface area (Å²) in [7, 11) is 0. The highest BCUT2D eigenvalue weighted by Gasteiger charge is 2.43. The number of hydrogen-bond acceptors (Lipinski definition) is 7. The van der Waals surface area contributed by atoms with Crippen molar-refractivity contribution in [1.29, 1.82) is 0 Å². The van der Waals surface area contributed by atoms with Gasteiger partial charge in [-0.15, -0.1) is 5.10 Å². The number of ether oxygens (including phenoxy) is 1. The van der Waals surface area contributed by atoms with E-state index in [0.717, 1.165) is 25.1 Å². The van der Waals surface area contributed by atoms with Crippen LogP contribution in [0.4, 0.5) is 24.7 Å². The molecule has 3 unspecified atom stereocenters. The number of rotatable bonds is 6. The molecule has 0 saturated carbocycles. The molecule has 3 aromatic rings. The standard InChI is InChI=1S/C24H26F3N5O2/c1-12(18-5-4-6-20(21(18)25)24(26,27)14(3)33)29-23-19-8-15(9-28-22(19)13(2)30-31-23)32-16-7-17(32)11-34-10-16/h4-6,8-9,12,14,16-17,33H,7,10-11H2,1-3H3,(H,29,31)/t12-,14?,16?,17?/m1/s1. The van der Waals surface area contributed by atoms with Crippen LogP contribution in [0, 0.1) is 12.7 Å². The third-order valence-corrected chi connectivity index (χ3v) is 6.75. The highest BCUT2D eigenvalue weighted by atomic mass is 19.3. The predicted octanol–water partition coefficient (Wildman–Crippen LogP) is 4.10. The molecule has 4 atom stereocenters. The van der Waals surface area contributed by atoms with E-state index in [1.54, 1.807) is 6.92 Å². The molecule has 1 aromatic carbocycles. The molecule has 5 rings (SSSR count). The minimum Gasteiger partial charge on any atom is -0.387 e. The maximum atomic E-state index is 15.1. The van der Waals surface area contributed by atoms with Gasteiger partial charge < -0.3 is 20.1 Å². The molecule has 180 valence electrons. The Morgan fingerprint density at radius 3 is 2.62 bits per heavy atom. The lowest BCUT2D eigenvalue weighted by Crippen LogP contribution is -2.64. The van der Waals surface area contributed by atoms with Gasteiger partial charge in [0, 0.05) is 10.9 Å². The lowest BCUT2D eigenvalue weighted by Gasteiger charge is -2.53. The van der Waals surface area contributed by atoms with E-state index in [2.05, 4.69) is 25.4 Å². The van der Waals surface area contributed by atoms with Gasteiger partial charge in [-0.1, -0.05) is 12.1 Å². The Kier molecular flexibility index (Phi) is 5.60. The first-order chi connectivity index (χ1) is 16.2. The summed E-state index contributed by atoms with van der Waals surface area (Å²) in [5.74, 6) is -4.39. The fraction of sp³-hybridized carbons (Fsp3) is 0.458. The molecule has 2 fully saturated rings. The summed E-state index contributed by atoms with van der Waals surface area (Å²) < 4.78 is 49.4. The Labute approximate surface area is 195 Å². The van der Waals surface area contributed by atoms with Gasteiger partial charge in [-0.05, 0) is 39.3 Å². The molecule has 0 aliphatic carbocycles. The third kappa shape index (κ3) is 3.65. The molecule has 10 heteroatoms. The second kappa shape index (κ2) is 8.35. The van der Waals surface area contributed by atoms with Crippen molar-refractivity contribution < 1.29 is 23.0 Å². The molecular formula is C24H26F3N5O2. The highest BCUT2D eigenvalue weighted by molar-refractivity contribution is 5.92. The average Bonchev–Trinajstić information content (AvgIpc) is 2.81. The van der Waals surface area contributed by atoms with Crippen molar-refractivity contribution in [2.75, 3.05) is 23.4 Å². The third-order valence-electron chi connectivity index (χ3n) is 6.75. The van der Waals surface area contributed by atoms with Crippen molar-refractivity contribution in [2.24, 2.45) is 0 Å². The number of aryl methyl sites for hydroxylation is 1. The number of fused-ring (bicyclic) bond motifs is 3. The number of aliphatic hydroxyl groups excluding tert-OH is 1. The molecule has 4 heterocycles. The Morgan fingerprint density at radius 1 is 1.21 bits per heavy atom.